The van der Waals surface area contributed by atoms with Crippen LogP contribution in [-0.4, -0.2) is 56.6 Å². The van der Waals surface area contributed by atoms with E-state index in [4.69, 9.17) is 9.47 Å². The van der Waals surface area contributed by atoms with Gasteiger partial charge in [0, 0.05) is 0 Å². The van der Waals surface area contributed by atoms with E-state index in [1.165, 1.54) is 0 Å². The molecule has 8 heteroatoms. The molecule has 0 unspecified atom stereocenters. The predicted octanol–water partition coefficient (Wildman–Crippen LogP) is -1.97. The van der Waals surface area contributed by atoms with E-state index in [9.17, 15) is 9.59 Å². The minimum Gasteiger partial charge on any atom is -0.472 e. The maximum Gasteiger partial charge on any atom is 0.307 e. The van der Waals surface area contributed by atoms with Gasteiger partial charge in [-0.1, -0.05) is 0 Å². The second-order valence-electron chi connectivity index (χ2n) is 3.26. The summed E-state index contributed by atoms with van der Waals surface area (Å²) in [6.45, 7) is 1.78. The van der Waals surface area contributed by atoms with E-state index in [0.29, 0.717) is 26.3 Å². The molecule has 17 heavy (non-hydrogen) atoms. The molecule has 2 rings (SSSR count). The van der Waals surface area contributed by atoms with Gasteiger partial charge in [-0.2, -0.15) is 0 Å². The third-order valence-corrected chi connectivity index (χ3v) is 2.06. The van der Waals surface area contributed by atoms with E-state index in [-0.39, 0.29) is 18.5 Å². The molecule has 2 aliphatic rings. The smallest absolute Gasteiger partial charge is 0.307 e. The quantitative estimate of drug-likeness (QED) is 0.557. The molecule has 0 radical (unpaired) electrons. The van der Waals surface area contributed by atoms with Crippen molar-refractivity contribution < 1.29 is 19.1 Å². The zero-order valence-corrected chi connectivity index (χ0v) is 9.06. The molecule has 0 aromatic carbocycles. The van der Waals surface area contributed by atoms with Crippen LogP contribution < -0.4 is 10.6 Å². The summed E-state index contributed by atoms with van der Waals surface area (Å²) in [5, 5.41) is 4.88. The van der Waals surface area contributed by atoms with Crippen molar-refractivity contribution in [3.8, 4) is 0 Å². The molecule has 8 nitrogen and oxygen atoms in total. The van der Waals surface area contributed by atoms with Crippen molar-refractivity contribution in [1.29, 1.82) is 0 Å². The normalized spacial score (nSPS) is 17.6. The largest absolute Gasteiger partial charge is 0.472 e. The van der Waals surface area contributed by atoms with Crippen molar-refractivity contribution in [2.24, 2.45) is 9.98 Å². The highest BCUT2D eigenvalue weighted by Gasteiger charge is 2.19. The highest BCUT2D eigenvalue weighted by molar-refractivity contribution is 6.36. The zero-order valence-electron chi connectivity index (χ0n) is 9.06. The number of hydrogen-bond acceptors (Lipinski definition) is 6. The van der Waals surface area contributed by atoms with Crippen LogP contribution in [0.4, 0.5) is 0 Å². The Morgan fingerprint density at radius 2 is 1.47 bits per heavy atom. The third-order valence-electron chi connectivity index (χ3n) is 2.06. The molecular formula is C9H12N4O4. The second kappa shape index (κ2) is 5.28. The fourth-order valence-electron chi connectivity index (χ4n) is 1.30. The number of nitrogens with one attached hydrogen (secondary N) is 2. The first-order valence-electron chi connectivity index (χ1n) is 5.18. The van der Waals surface area contributed by atoms with Gasteiger partial charge < -0.3 is 20.1 Å². The van der Waals surface area contributed by atoms with Crippen molar-refractivity contribution in [3.05, 3.63) is 0 Å². The predicted molar refractivity (Wildman–Crippen MR) is 57.7 cm³/mol. The summed E-state index contributed by atoms with van der Waals surface area (Å²) in [5.41, 5.74) is 0. The van der Waals surface area contributed by atoms with Crippen molar-refractivity contribution in [3.63, 3.8) is 0 Å². The Bertz CT molecular complexity index is 354. The average Bonchev–Trinajstić information content (AvgIpc) is 3.02. The van der Waals surface area contributed by atoms with E-state index in [1.54, 1.807) is 0 Å². The Hall–Kier alpha value is -2.12. The lowest BCUT2D eigenvalue weighted by atomic mass is 10.5. The summed E-state index contributed by atoms with van der Waals surface area (Å²) in [4.78, 5) is 30.4. The molecule has 0 saturated heterocycles. The number of carbonyl (C=O) groups is 2. The van der Waals surface area contributed by atoms with Crippen LogP contribution in [0.2, 0.25) is 0 Å². The van der Waals surface area contributed by atoms with Gasteiger partial charge in [0.05, 0.1) is 19.8 Å². The minimum absolute atomic E-state index is 0.0254. The fraction of sp³-hybridized carbons (Fsp3) is 0.556. The monoisotopic (exact) mass is 240 g/mol. The second-order valence-corrected chi connectivity index (χ2v) is 3.26. The highest BCUT2D eigenvalue weighted by Crippen LogP contribution is 1.94. The average molecular weight is 240 g/mol. The van der Waals surface area contributed by atoms with Crippen LogP contribution in [0.15, 0.2) is 9.98 Å². The molecule has 0 aromatic heterocycles. The van der Waals surface area contributed by atoms with Gasteiger partial charge >= 0.3 is 11.8 Å². The van der Waals surface area contributed by atoms with Crippen molar-refractivity contribution in [2.45, 2.75) is 0 Å². The summed E-state index contributed by atoms with van der Waals surface area (Å²) in [7, 11) is 0. The van der Waals surface area contributed by atoms with Crippen LogP contribution in [0.25, 0.3) is 0 Å². The molecule has 0 atom stereocenters. The van der Waals surface area contributed by atoms with Crippen molar-refractivity contribution >= 4 is 23.6 Å². The standard InChI is InChI=1S/C9H12N4O4/c14-6(8-10-1-3-16-8)12-5-13-7(15)9-11-2-4-17-9/h1-5H2,(H,12,14)(H,13,15). The molecule has 0 bridgehead atoms. The lowest BCUT2D eigenvalue weighted by Gasteiger charge is -2.06. The van der Waals surface area contributed by atoms with Crippen molar-refractivity contribution in [2.75, 3.05) is 33.0 Å². The van der Waals surface area contributed by atoms with Crippen LogP contribution in [0.1, 0.15) is 0 Å². The molecule has 0 aromatic rings. The van der Waals surface area contributed by atoms with Gasteiger partial charge in [-0.05, 0) is 0 Å². The first-order valence-corrected chi connectivity index (χ1v) is 5.18. The lowest BCUT2D eigenvalue weighted by molar-refractivity contribution is -0.117. The first kappa shape index (κ1) is 11.4. The summed E-state index contributed by atoms with van der Waals surface area (Å²) < 4.78 is 9.90. The number of rotatable bonds is 4. The highest BCUT2D eigenvalue weighted by atomic mass is 16.5. The Kier molecular flexibility index (Phi) is 3.53. The Labute approximate surface area is 97.1 Å². The molecule has 2 amide bonds. The van der Waals surface area contributed by atoms with Crippen molar-refractivity contribution in [1.82, 2.24) is 10.6 Å². The Morgan fingerprint density at radius 3 is 1.82 bits per heavy atom. The van der Waals surface area contributed by atoms with Crippen LogP contribution in [0.3, 0.4) is 0 Å². The summed E-state index contributed by atoms with van der Waals surface area (Å²) in [6.07, 6.45) is 0. The Morgan fingerprint density at radius 1 is 1.00 bits per heavy atom. The number of carbonyl (C=O) groups excluding carboxylic acids is 2. The van der Waals surface area contributed by atoms with Crippen LogP contribution in [0.5, 0.6) is 0 Å². The number of nitrogens with zero attached hydrogens (tertiary/aromatic N) is 2. The van der Waals surface area contributed by atoms with Gasteiger partial charge in [0.1, 0.15) is 13.2 Å². The molecule has 0 spiro atoms. The fourth-order valence-corrected chi connectivity index (χ4v) is 1.30. The number of ether oxygens (including phenoxy) is 2. The SMILES string of the molecule is O=C(NCNC(=O)C1=NCCO1)C1=NCCO1. The molecule has 0 saturated carbocycles. The molecule has 2 N–H and O–H groups in total. The van der Waals surface area contributed by atoms with Crippen LogP contribution in [-0.2, 0) is 19.1 Å². The minimum atomic E-state index is -0.447. The van der Waals surface area contributed by atoms with Gasteiger partial charge in [0.25, 0.3) is 11.8 Å². The van der Waals surface area contributed by atoms with Gasteiger partial charge in [-0.25, -0.2) is 9.98 Å². The maximum absolute atomic E-state index is 11.4. The Balaban J connectivity index is 1.68. The zero-order chi connectivity index (χ0) is 12.1. The van der Waals surface area contributed by atoms with E-state index < -0.39 is 11.8 Å². The van der Waals surface area contributed by atoms with E-state index in [0.717, 1.165) is 0 Å². The molecule has 0 fully saturated rings. The lowest BCUT2D eigenvalue weighted by Crippen LogP contribution is -2.42. The van der Waals surface area contributed by atoms with Gasteiger partial charge in [-0.3, -0.25) is 9.59 Å². The van der Waals surface area contributed by atoms with E-state index in [1.807, 2.05) is 0 Å². The topological polar surface area (TPSA) is 101 Å². The summed E-state index contributed by atoms with van der Waals surface area (Å²) >= 11 is 0. The number of hydrogen-bond donors (Lipinski definition) is 2. The third kappa shape index (κ3) is 2.92. The van der Waals surface area contributed by atoms with Crippen LogP contribution in [0, 0.1) is 0 Å². The summed E-state index contributed by atoms with van der Waals surface area (Å²) in [5.74, 6) is -0.795. The van der Waals surface area contributed by atoms with Gasteiger partial charge in [0.2, 0.25) is 0 Å². The molecule has 0 aliphatic carbocycles. The van der Waals surface area contributed by atoms with Gasteiger partial charge in [0.15, 0.2) is 0 Å². The number of aliphatic imine (C=N–C) groups is 2. The first-order chi connectivity index (χ1) is 8.27. The molecule has 2 aliphatic heterocycles. The van der Waals surface area contributed by atoms with E-state index in [2.05, 4.69) is 20.6 Å². The molecular weight excluding hydrogens is 228 g/mol. The number of amides is 2. The maximum atomic E-state index is 11.4. The van der Waals surface area contributed by atoms with E-state index >= 15 is 0 Å². The summed E-state index contributed by atoms with van der Waals surface area (Å²) in [6, 6.07) is 0. The van der Waals surface area contributed by atoms with Gasteiger partial charge in [-0.15, -0.1) is 0 Å². The van der Waals surface area contributed by atoms with Crippen LogP contribution >= 0.6 is 0 Å². The molecule has 2 heterocycles. The molecule has 92 valence electrons.